The molecule has 2 aliphatic heterocycles. The van der Waals surface area contributed by atoms with E-state index in [9.17, 15) is 13.2 Å². The minimum Gasteiger partial charge on any atom is -0.368 e. The summed E-state index contributed by atoms with van der Waals surface area (Å²) in [4.78, 5) is 22.9. The Kier molecular flexibility index (Phi) is 7.07. The molecule has 0 bridgehead atoms. The summed E-state index contributed by atoms with van der Waals surface area (Å²) in [5.74, 6) is 0.0706. The Bertz CT molecular complexity index is 1300. The van der Waals surface area contributed by atoms with Crippen LogP contribution in [0.4, 0.5) is 5.69 Å². The smallest absolute Gasteiger partial charge is 0.255 e. The van der Waals surface area contributed by atoms with Crippen molar-refractivity contribution in [1.29, 1.82) is 0 Å². The number of anilines is 1. The lowest BCUT2D eigenvalue weighted by atomic mass is 9.90. The van der Waals surface area contributed by atoms with Gasteiger partial charge in [-0.3, -0.25) is 9.78 Å². The third-order valence-corrected chi connectivity index (χ3v) is 9.12. The molecule has 2 saturated heterocycles. The molecule has 2 aliphatic rings. The summed E-state index contributed by atoms with van der Waals surface area (Å²) < 4.78 is 27.6. The van der Waals surface area contributed by atoms with E-state index in [0.717, 1.165) is 24.5 Å². The first-order valence-corrected chi connectivity index (χ1v) is 14.0. The van der Waals surface area contributed by atoms with Gasteiger partial charge < -0.3 is 9.80 Å². The first-order chi connectivity index (χ1) is 17.4. The summed E-state index contributed by atoms with van der Waals surface area (Å²) in [6.45, 7) is 5.68. The van der Waals surface area contributed by atoms with Gasteiger partial charge in [0, 0.05) is 56.6 Å². The van der Waals surface area contributed by atoms with Crippen LogP contribution in [0.25, 0.3) is 0 Å². The lowest BCUT2D eigenvalue weighted by molar-refractivity contribution is 0.0744. The lowest BCUT2D eigenvalue weighted by Gasteiger charge is -2.37. The second kappa shape index (κ2) is 10.4. The van der Waals surface area contributed by atoms with Crippen molar-refractivity contribution in [1.82, 2.24) is 14.2 Å². The van der Waals surface area contributed by atoms with Crippen molar-refractivity contribution >= 4 is 21.6 Å². The number of nitrogens with zero attached hydrogens (tertiary/aromatic N) is 4. The van der Waals surface area contributed by atoms with Crippen LogP contribution in [0.1, 0.15) is 40.5 Å². The van der Waals surface area contributed by atoms with Crippen LogP contribution in [0.2, 0.25) is 0 Å². The molecule has 0 unspecified atom stereocenters. The maximum absolute atomic E-state index is 13.6. The third kappa shape index (κ3) is 5.01. The largest absolute Gasteiger partial charge is 0.368 e. The van der Waals surface area contributed by atoms with Gasteiger partial charge in [0.25, 0.3) is 5.91 Å². The van der Waals surface area contributed by atoms with Crippen LogP contribution < -0.4 is 4.90 Å². The maximum atomic E-state index is 13.6. The van der Waals surface area contributed by atoms with Crippen molar-refractivity contribution < 1.29 is 13.2 Å². The molecule has 7 nitrogen and oxygen atoms in total. The molecular weight excluding hydrogens is 472 g/mol. The number of carbonyl (C=O) groups excluding carboxylic acids is 1. The van der Waals surface area contributed by atoms with Crippen molar-refractivity contribution in [2.24, 2.45) is 0 Å². The Morgan fingerprint density at radius 1 is 0.806 bits per heavy atom. The average Bonchev–Trinajstić information content (AvgIpc) is 2.94. The first-order valence-electron chi connectivity index (χ1n) is 12.6. The monoisotopic (exact) mass is 504 g/mol. The number of carbonyl (C=O) groups is 1. The molecule has 2 aromatic carbocycles. The molecule has 8 heteroatoms. The molecule has 36 heavy (non-hydrogen) atoms. The molecule has 0 aliphatic carbocycles. The van der Waals surface area contributed by atoms with E-state index in [1.807, 2.05) is 48.2 Å². The van der Waals surface area contributed by atoms with E-state index in [-0.39, 0.29) is 11.8 Å². The summed E-state index contributed by atoms with van der Waals surface area (Å²) >= 11 is 0. The lowest BCUT2D eigenvalue weighted by Crippen LogP contribution is -2.49. The zero-order chi connectivity index (χ0) is 25.1. The highest BCUT2D eigenvalue weighted by Crippen LogP contribution is 2.32. The Morgan fingerprint density at radius 2 is 1.42 bits per heavy atom. The topological polar surface area (TPSA) is 73.8 Å². The molecule has 188 valence electrons. The van der Waals surface area contributed by atoms with Crippen molar-refractivity contribution in [2.75, 3.05) is 44.2 Å². The van der Waals surface area contributed by atoms with Gasteiger partial charge in [-0.25, -0.2) is 8.42 Å². The number of hydrogen-bond donors (Lipinski definition) is 0. The van der Waals surface area contributed by atoms with Gasteiger partial charge in [0.05, 0.1) is 16.2 Å². The molecule has 0 spiro atoms. The summed E-state index contributed by atoms with van der Waals surface area (Å²) in [7, 11) is -3.51. The first kappa shape index (κ1) is 24.5. The number of amides is 1. The zero-order valence-electron chi connectivity index (χ0n) is 20.6. The molecule has 1 amide bonds. The Labute approximate surface area is 213 Å². The average molecular weight is 505 g/mol. The normalized spacial score (nSPS) is 17.8. The molecule has 5 rings (SSSR count). The van der Waals surface area contributed by atoms with Gasteiger partial charge in [-0.2, -0.15) is 4.31 Å². The SMILES string of the molecule is Cc1ccc(C(=O)N2CCN(c3ccccc3)CC2)c(C2CCN(S(=O)(=O)c3ccccc3)CC2)n1. The van der Waals surface area contributed by atoms with E-state index in [1.54, 1.807) is 28.6 Å². The molecule has 0 saturated carbocycles. The highest BCUT2D eigenvalue weighted by atomic mass is 32.2. The second-order valence-corrected chi connectivity index (χ2v) is 11.4. The molecule has 3 heterocycles. The van der Waals surface area contributed by atoms with Crippen molar-refractivity contribution in [3.63, 3.8) is 0 Å². The highest BCUT2D eigenvalue weighted by Gasteiger charge is 2.33. The van der Waals surface area contributed by atoms with E-state index < -0.39 is 10.0 Å². The van der Waals surface area contributed by atoms with E-state index in [2.05, 4.69) is 17.0 Å². The van der Waals surface area contributed by atoms with Crippen LogP contribution in [0.15, 0.2) is 77.7 Å². The van der Waals surface area contributed by atoms with Gasteiger partial charge in [-0.1, -0.05) is 36.4 Å². The fourth-order valence-electron chi connectivity index (χ4n) is 5.16. The van der Waals surface area contributed by atoms with Crippen LogP contribution in [-0.4, -0.2) is 67.8 Å². The van der Waals surface area contributed by atoms with Gasteiger partial charge in [0.2, 0.25) is 10.0 Å². The minimum atomic E-state index is -3.51. The Hall–Kier alpha value is -3.23. The Morgan fingerprint density at radius 3 is 2.06 bits per heavy atom. The van der Waals surface area contributed by atoms with E-state index in [0.29, 0.717) is 49.5 Å². The van der Waals surface area contributed by atoms with E-state index in [4.69, 9.17) is 4.98 Å². The number of rotatable bonds is 5. The number of pyridine rings is 1. The molecule has 3 aromatic rings. The molecule has 2 fully saturated rings. The van der Waals surface area contributed by atoms with Gasteiger partial charge in [-0.05, 0) is 56.2 Å². The molecular formula is C28H32N4O3S. The standard InChI is InChI=1S/C28H32N4O3S/c1-22-12-13-26(28(33)31-20-18-30(19-21-31)24-8-4-2-5-9-24)27(29-22)23-14-16-32(17-15-23)36(34,35)25-10-6-3-7-11-25/h2-13,23H,14-21H2,1H3. The third-order valence-electron chi connectivity index (χ3n) is 7.20. The number of aromatic nitrogens is 1. The molecule has 1 aromatic heterocycles. The number of aryl methyl sites for hydroxylation is 1. The van der Waals surface area contributed by atoms with Crippen LogP contribution in [-0.2, 0) is 10.0 Å². The second-order valence-electron chi connectivity index (χ2n) is 9.49. The molecule has 0 N–H and O–H groups in total. The van der Waals surface area contributed by atoms with Crippen molar-refractivity contribution in [2.45, 2.75) is 30.6 Å². The van der Waals surface area contributed by atoms with Crippen LogP contribution in [0.3, 0.4) is 0 Å². The van der Waals surface area contributed by atoms with Crippen LogP contribution in [0, 0.1) is 6.92 Å². The van der Waals surface area contributed by atoms with Gasteiger partial charge in [0.1, 0.15) is 0 Å². The number of benzene rings is 2. The van der Waals surface area contributed by atoms with Gasteiger partial charge >= 0.3 is 0 Å². The number of hydrogen-bond acceptors (Lipinski definition) is 5. The quantitative estimate of drug-likeness (QED) is 0.527. The summed E-state index contributed by atoms with van der Waals surface area (Å²) in [6.07, 6.45) is 1.29. The van der Waals surface area contributed by atoms with Crippen molar-refractivity contribution in [3.05, 3.63) is 89.7 Å². The number of piperazine rings is 1. The Balaban J connectivity index is 1.28. The number of piperidine rings is 1. The van der Waals surface area contributed by atoms with Gasteiger partial charge in [-0.15, -0.1) is 0 Å². The van der Waals surface area contributed by atoms with Crippen molar-refractivity contribution in [3.8, 4) is 0 Å². The predicted octanol–water partition coefficient (Wildman–Crippen LogP) is 3.92. The summed E-state index contributed by atoms with van der Waals surface area (Å²) in [6, 6.07) is 22.7. The zero-order valence-corrected chi connectivity index (χ0v) is 21.4. The van der Waals surface area contributed by atoms with Crippen LogP contribution >= 0.6 is 0 Å². The summed E-state index contributed by atoms with van der Waals surface area (Å²) in [5, 5.41) is 0. The predicted molar refractivity (Wildman–Crippen MR) is 141 cm³/mol. The number of para-hydroxylation sites is 1. The van der Waals surface area contributed by atoms with Gasteiger partial charge in [0.15, 0.2) is 0 Å². The summed E-state index contributed by atoms with van der Waals surface area (Å²) in [5.41, 5.74) is 3.51. The number of sulfonamides is 1. The minimum absolute atomic E-state index is 0.0181. The van der Waals surface area contributed by atoms with Crippen LogP contribution in [0.5, 0.6) is 0 Å². The highest BCUT2D eigenvalue weighted by molar-refractivity contribution is 7.89. The molecule has 0 radical (unpaired) electrons. The molecule has 0 atom stereocenters. The fraction of sp³-hybridized carbons (Fsp3) is 0.357. The fourth-order valence-corrected chi connectivity index (χ4v) is 6.65. The maximum Gasteiger partial charge on any atom is 0.255 e. The van der Waals surface area contributed by atoms with E-state index in [1.165, 1.54) is 5.69 Å². The van der Waals surface area contributed by atoms with E-state index >= 15 is 0 Å².